The van der Waals surface area contributed by atoms with Crippen LogP contribution in [0.2, 0.25) is 0 Å². The number of rotatable bonds is 6. The van der Waals surface area contributed by atoms with Gasteiger partial charge in [0.25, 0.3) is 0 Å². The predicted octanol–water partition coefficient (Wildman–Crippen LogP) is 3.41. The topological polar surface area (TPSA) is 55.1 Å². The number of benzene rings is 1. The molecule has 3 heteroatoms. The van der Waals surface area contributed by atoms with Crippen molar-refractivity contribution < 1.29 is 4.79 Å². The Balaban J connectivity index is 1.95. The van der Waals surface area contributed by atoms with Crippen molar-refractivity contribution in [2.24, 2.45) is 17.6 Å². The second-order valence-corrected chi connectivity index (χ2v) is 6.71. The molecule has 0 spiro atoms. The smallest absolute Gasteiger partial charge is 0.220 e. The van der Waals surface area contributed by atoms with Gasteiger partial charge in [0.2, 0.25) is 5.91 Å². The molecule has 1 amide bonds. The summed E-state index contributed by atoms with van der Waals surface area (Å²) in [5, 5.41) is 3.81. The molecule has 1 aliphatic rings. The maximum atomic E-state index is 11.3. The SMILES string of the molecule is CC(C)CC(NC1CCC(C(N)=O)CC1)c1ccccc1. The summed E-state index contributed by atoms with van der Waals surface area (Å²) < 4.78 is 0. The summed E-state index contributed by atoms with van der Waals surface area (Å²) in [7, 11) is 0. The molecular weight excluding hydrogens is 260 g/mol. The Kier molecular flexibility index (Phi) is 5.80. The normalized spacial score (nSPS) is 24.0. The molecule has 2 rings (SSSR count). The average molecular weight is 288 g/mol. The van der Waals surface area contributed by atoms with Gasteiger partial charge in [0, 0.05) is 18.0 Å². The molecule has 116 valence electrons. The van der Waals surface area contributed by atoms with Crippen LogP contribution in [-0.2, 0) is 4.79 Å². The van der Waals surface area contributed by atoms with Crippen molar-refractivity contribution in [2.45, 2.75) is 58.0 Å². The van der Waals surface area contributed by atoms with E-state index < -0.39 is 0 Å². The minimum atomic E-state index is -0.129. The summed E-state index contributed by atoms with van der Waals surface area (Å²) in [6.45, 7) is 4.53. The lowest BCUT2D eigenvalue weighted by atomic mass is 9.84. The van der Waals surface area contributed by atoms with Crippen LogP contribution in [0.1, 0.15) is 57.6 Å². The van der Waals surface area contributed by atoms with E-state index in [0.717, 1.165) is 32.1 Å². The summed E-state index contributed by atoms with van der Waals surface area (Å²) in [5.74, 6) is 0.614. The Labute approximate surface area is 128 Å². The fraction of sp³-hybridized carbons (Fsp3) is 0.611. The fourth-order valence-electron chi connectivity index (χ4n) is 3.29. The van der Waals surface area contributed by atoms with Gasteiger partial charge in [-0.3, -0.25) is 4.79 Å². The fourth-order valence-corrected chi connectivity index (χ4v) is 3.29. The van der Waals surface area contributed by atoms with E-state index in [1.807, 2.05) is 0 Å². The Morgan fingerprint density at radius 1 is 1.19 bits per heavy atom. The zero-order valence-corrected chi connectivity index (χ0v) is 13.2. The quantitative estimate of drug-likeness (QED) is 0.843. The molecule has 0 heterocycles. The van der Waals surface area contributed by atoms with Gasteiger partial charge in [-0.25, -0.2) is 0 Å². The number of carbonyl (C=O) groups is 1. The first kappa shape index (κ1) is 16.0. The van der Waals surface area contributed by atoms with E-state index in [1.165, 1.54) is 5.56 Å². The third kappa shape index (κ3) is 4.85. The van der Waals surface area contributed by atoms with E-state index in [2.05, 4.69) is 49.5 Å². The minimum Gasteiger partial charge on any atom is -0.369 e. The molecule has 0 radical (unpaired) electrons. The van der Waals surface area contributed by atoms with Gasteiger partial charge >= 0.3 is 0 Å². The Morgan fingerprint density at radius 2 is 1.81 bits per heavy atom. The first-order chi connectivity index (χ1) is 10.1. The molecule has 1 saturated carbocycles. The summed E-state index contributed by atoms with van der Waals surface area (Å²) in [6, 6.07) is 11.6. The lowest BCUT2D eigenvalue weighted by Crippen LogP contribution is -2.38. The molecule has 1 unspecified atom stereocenters. The van der Waals surface area contributed by atoms with Gasteiger partial charge in [-0.05, 0) is 43.6 Å². The van der Waals surface area contributed by atoms with Crippen molar-refractivity contribution in [3.63, 3.8) is 0 Å². The molecule has 0 bridgehead atoms. The van der Waals surface area contributed by atoms with Crippen molar-refractivity contribution in [3.05, 3.63) is 35.9 Å². The Morgan fingerprint density at radius 3 is 2.33 bits per heavy atom. The van der Waals surface area contributed by atoms with Crippen molar-refractivity contribution in [3.8, 4) is 0 Å². The first-order valence-electron chi connectivity index (χ1n) is 8.16. The van der Waals surface area contributed by atoms with Crippen molar-refractivity contribution in [2.75, 3.05) is 0 Å². The van der Waals surface area contributed by atoms with Crippen molar-refractivity contribution in [1.82, 2.24) is 5.32 Å². The maximum absolute atomic E-state index is 11.3. The Bertz CT molecular complexity index is 436. The molecular formula is C18H28N2O. The van der Waals surface area contributed by atoms with Crippen LogP contribution >= 0.6 is 0 Å². The molecule has 0 aliphatic heterocycles. The van der Waals surface area contributed by atoms with Crippen LogP contribution in [0.3, 0.4) is 0 Å². The molecule has 3 nitrogen and oxygen atoms in total. The average Bonchev–Trinajstić information content (AvgIpc) is 2.47. The molecule has 0 saturated heterocycles. The van der Waals surface area contributed by atoms with Crippen LogP contribution in [0, 0.1) is 11.8 Å². The highest BCUT2D eigenvalue weighted by Gasteiger charge is 2.26. The van der Waals surface area contributed by atoms with Gasteiger partial charge < -0.3 is 11.1 Å². The lowest BCUT2D eigenvalue weighted by molar-refractivity contribution is -0.122. The predicted molar refractivity (Wildman–Crippen MR) is 86.7 cm³/mol. The van der Waals surface area contributed by atoms with Gasteiger partial charge in [0.1, 0.15) is 0 Å². The number of nitrogens with one attached hydrogen (secondary N) is 1. The zero-order valence-electron chi connectivity index (χ0n) is 13.2. The van der Waals surface area contributed by atoms with Gasteiger partial charge in [-0.1, -0.05) is 44.2 Å². The highest BCUT2D eigenvalue weighted by molar-refractivity contribution is 5.76. The summed E-state index contributed by atoms with van der Waals surface area (Å²) in [4.78, 5) is 11.3. The number of nitrogens with two attached hydrogens (primary N) is 1. The molecule has 1 aromatic rings. The maximum Gasteiger partial charge on any atom is 0.220 e. The van der Waals surface area contributed by atoms with Gasteiger partial charge in [-0.2, -0.15) is 0 Å². The second kappa shape index (κ2) is 7.60. The van der Waals surface area contributed by atoms with Crippen molar-refractivity contribution >= 4 is 5.91 Å². The molecule has 1 atom stereocenters. The van der Waals surface area contributed by atoms with E-state index >= 15 is 0 Å². The molecule has 1 aliphatic carbocycles. The van der Waals surface area contributed by atoms with E-state index in [4.69, 9.17) is 5.73 Å². The molecule has 3 N–H and O–H groups in total. The number of primary amides is 1. The van der Waals surface area contributed by atoms with E-state index in [1.54, 1.807) is 0 Å². The first-order valence-corrected chi connectivity index (χ1v) is 8.16. The number of carbonyl (C=O) groups excluding carboxylic acids is 1. The van der Waals surface area contributed by atoms with Crippen molar-refractivity contribution in [1.29, 1.82) is 0 Å². The van der Waals surface area contributed by atoms with Crippen LogP contribution in [-0.4, -0.2) is 11.9 Å². The number of hydrogen-bond donors (Lipinski definition) is 2. The van der Waals surface area contributed by atoms with Gasteiger partial charge in [0.05, 0.1) is 0 Å². The monoisotopic (exact) mass is 288 g/mol. The van der Waals surface area contributed by atoms with E-state index in [9.17, 15) is 4.79 Å². The largest absolute Gasteiger partial charge is 0.369 e. The summed E-state index contributed by atoms with van der Waals surface area (Å²) in [6.07, 6.45) is 5.09. The van der Waals surface area contributed by atoms with Crippen LogP contribution in [0.5, 0.6) is 0 Å². The number of amides is 1. The molecule has 0 aromatic heterocycles. The second-order valence-electron chi connectivity index (χ2n) is 6.71. The van der Waals surface area contributed by atoms with Gasteiger partial charge in [-0.15, -0.1) is 0 Å². The highest BCUT2D eigenvalue weighted by atomic mass is 16.1. The molecule has 1 aromatic carbocycles. The zero-order chi connectivity index (χ0) is 15.2. The van der Waals surface area contributed by atoms with E-state index in [0.29, 0.717) is 18.0 Å². The minimum absolute atomic E-state index is 0.0864. The third-order valence-electron chi connectivity index (χ3n) is 4.48. The van der Waals surface area contributed by atoms with Crippen LogP contribution in [0.4, 0.5) is 0 Å². The molecule has 1 fully saturated rings. The Hall–Kier alpha value is -1.35. The van der Waals surface area contributed by atoms with Gasteiger partial charge in [0.15, 0.2) is 0 Å². The molecule has 21 heavy (non-hydrogen) atoms. The summed E-state index contributed by atoms with van der Waals surface area (Å²) in [5.41, 5.74) is 6.78. The highest BCUT2D eigenvalue weighted by Crippen LogP contribution is 2.28. The van der Waals surface area contributed by atoms with E-state index in [-0.39, 0.29) is 11.8 Å². The standard InChI is InChI=1S/C18H28N2O/c1-13(2)12-17(14-6-4-3-5-7-14)20-16-10-8-15(9-11-16)18(19)21/h3-7,13,15-17,20H,8-12H2,1-2H3,(H2,19,21). The summed E-state index contributed by atoms with van der Waals surface area (Å²) >= 11 is 0. The number of hydrogen-bond acceptors (Lipinski definition) is 2. The van der Waals surface area contributed by atoms with Crippen LogP contribution < -0.4 is 11.1 Å². The van der Waals surface area contributed by atoms with Crippen LogP contribution in [0.15, 0.2) is 30.3 Å². The van der Waals surface area contributed by atoms with Crippen LogP contribution in [0.25, 0.3) is 0 Å². The lowest BCUT2D eigenvalue weighted by Gasteiger charge is -2.32. The third-order valence-corrected chi connectivity index (χ3v) is 4.48.